The van der Waals surface area contributed by atoms with Crippen molar-refractivity contribution < 1.29 is 9.53 Å². The van der Waals surface area contributed by atoms with Gasteiger partial charge in [-0.2, -0.15) is 0 Å². The maximum Gasteiger partial charge on any atom is 0.222 e. The van der Waals surface area contributed by atoms with Crippen LogP contribution in [0.2, 0.25) is 0 Å². The van der Waals surface area contributed by atoms with Gasteiger partial charge in [-0.15, -0.1) is 0 Å². The molecule has 5 nitrogen and oxygen atoms in total. The van der Waals surface area contributed by atoms with Gasteiger partial charge >= 0.3 is 0 Å². The molecule has 0 aromatic carbocycles. The number of likely N-dealkylation sites (N-methyl/N-ethyl adjacent to an activating group) is 1. The van der Waals surface area contributed by atoms with Crippen molar-refractivity contribution in [2.45, 2.75) is 25.7 Å². The van der Waals surface area contributed by atoms with Gasteiger partial charge < -0.3 is 19.4 Å². The second-order valence-corrected chi connectivity index (χ2v) is 6.52. The van der Waals surface area contributed by atoms with E-state index in [1.807, 2.05) is 0 Å². The van der Waals surface area contributed by atoms with Crippen molar-refractivity contribution in [2.24, 2.45) is 5.92 Å². The zero-order valence-electron chi connectivity index (χ0n) is 13.7. The fraction of sp³-hybridized carbons (Fsp3) is 0.938. The molecule has 2 aliphatic heterocycles. The third kappa shape index (κ3) is 5.57. The molecule has 2 rings (SSSR count). The highest BCUT2D eigenvalue weighted by Crippen LogP contribution is 2.20. The van der Waals surface area contributed by atoms with Crippen LogP contribution in [0.25, 0.3) is 0 Å². The standard InChI is InChI=1S/C16H31N3O2/c1-17-9-11-18(12-10-17)14-15-5-7-19(8-6-15)16(20)4-3-13-21-2/h15H,3-14H2,1-2H3. The molecule has 0 aliphatic carbocycles. The van der Waals surface area contributed by atoms with Crippen molar-refractivity contribution in [1.29, 1.82) is 0 Å². The van der Waals surface area contributed by atoms with E-state index in [1.165, 1.54) is 45.6 Å². The molecule has 0 aromatic heterocycles. The van der Waals surface area contributed by atoms with Gasteiger partial charge in [-0.05, 0) is 32.2 Å². The minimum atomic E-state index is 0.310. The van der Waals surface area contributed by atoms with Crippen molar-refractivity contribution in [2.75, 3.05) is 66.6 Å². The van der Waals surface area contributed by atoms with E-state index in [4.69, 9.17) is 4.74 Å². The van der Waals surface area contributed by atoms with Crippen molar-refractivity contribution in [1.82, 2.24) is 14.7 Å². The van der Waals surface area contributed by atoms with Gasteiger partial charge in [0.2, 0.25) is 5.91 Å². The van der Waals surface area contributed by atoms with Crippen LogP contribution in [0.15, 0.2) is 0 Å². The highest BCUT2D eigenvalue weighted by atomic mass is 16.5. The Morgan fingerprint density at radius 1 is 1.10 bits per heavy atom. The van der Waals surface area contributed by atoms with Crippen LogP contribution < -0.4 is 0 Å². The number of piperidine rings is 1. The molecule has 0 saturated carbocycles. The topological polar surface area (TPSA) is 36.0 Å². The Morgan fingerprint density at radius 3 is 2.38 bits per heavy atom. The number of hydrogen-bond donors (Lipinski definition) is 0. The van der Waals surface area contributed by atoms with E-state index in [0.717, 1.165) is 25.4 Å². The molecule has 0 unspecified atom stereocenters. The maximum absolute atomic E-state index is 12.1. The van der Waals surface area contributed by atoms with Crippen molar-refractivity contribution in [3.8, 4) is 0 Å². The van der Waals surface area contributed by atoms with Crippen LogP contribution in [0.3, 0.4) is 0 Å². The van der Waals surface area contributed by atoms with Crippen LogP contribution in [0, 0.1) is 5.92 Å². The number of amides is 1. The largest absolute Gasteiger partial charge is 0.385 e. The Labute approximate surface area is 129 Å². The summed E-state index contributed by atoms with van der Waals surface area (Å²) in [5.41, 5.74) is 0. The van der Waals surface area contributed by atoms with Gasteiger partial charge in [-0.25, -0.2) is 0 Å². The second-order valence-electron chi connectivity index (χ2n) is 6.52. The third-order valence-corrected chi connectivity index (χ3v) is 4.82. The monoisotopic (exact) mass is 297 g/mol. The Kier molecular flexibility index (Phi) is 6.93. The summed E-state index contributed by atoms with van der Waals surface area (Å²) >= 11 is 0. The molecule has 0 radical (unpaired) electrons. The molecule has 2 fully saturated rings. The molecule has 1 amide bonds. The summed E-state index contributed by atoms with van der Waals surface area (Å²) in [4.78, 5) is 19.1. The first-order valence-corrected chi connectivity index (χ1v) is 8.36. The van der Waals surface area contributed by atoms with E-state index in [9.17, 15) is 4.79 Å². The average molecular weight is 297 g/mol. The van der Waals surface area contributed by atoms with E-state index in [0.29, 0.717) is 18.9 Å². The highest BCUT2D eigenvalue weighted by molar-refractivity contribution is 5.76. The minimum absolute atomic E-state index is 0.310. The van der Waals surface area contributed by atoms with Crippen LogP contribution in [0.5, 0.6) is 0 Å². The fourth-order valence-corrected chi connectivity index (χ4v) is 3.29. The Bertz CT molecular complexity index is 309. The summed E-state index contributed by atoms with van der Waals surface area (Å²) in [6.45, 7) is 8.59. The predicted octanol–water partition coefficient (Wildman–Crippen LogP) is 0.899. The summed E-state index contributed by atoms with van der Waals surface area (Å²) in [6, 6.07) is 0. The number of carbonyl (C=O) groups is 1. The van der Waals surface area contributed by atoms with E-state index >= 15 is 0 Å². The van der Waals surface area contributed by atoms with Gasteiger partial charge in [0.15, 0.2) is 0 Å². The number of likely N-dealkylation sites (tertiary alicyclic amines) is 1. The van der Waals surface area contributed by atoms with Gasteiger partial charge in [0.1, 0.15) is 0 Å². The molecule has 0 bridgehead atoms. The molecular formula is C16H31N3O2. The van der Waals surface area contributed by atoms with Crippen LogP contribution in [0.4, 0.5) is 0 Å². The van der Waals surface area contributed by atoms with Gasteiger partial charge in [-0.1, -0.05) is 0 Å². The number of rotatable bonds is 6. The van der Waals surface area contributed by atoms with Crippen LogP contribution >= 0.6 is 0 Å². The Hall–Kier alpha value is -0.650. The molecule has 5 heteroatoms. The van der Waals surface area contributed by atoms with E-state index in [1.54, 1.807) is 7.11 Å². The smallest absolute Gasteiger partial charge is 0.222 e. The predicted molar refractivity (Wildman–Crippen MR) is 84.4 cm³/mol. The fourth-order valence-electron chi connectivity index (χ4n) is 3.29. The lowest BCUT2D eigenvalue weighted by Crippen LogP contribution is -2.48. The average Bonchev–Trinajstić information content (AvgIpc) is 2.50. The van der Waals surface area contributed by atoms with Crippen molar-refractivity contribution in [3.63, 3.8) is 0 Å². The zero-order chi connectivity index (χ0) is 15.1. The second kappa shape index (κ2) is 8.71. The highest BCUT2D eigenvalue weighted by Gasteiger charge is 2.25. The summed E-state index contributed by atoms with van der Waals surface area (Å²) in [6.07, 6.45) is 3.82. The van der Waals surface area contributed by atoms with E-state index < -0.39 is 0 Å². The number of methoxy groups -OCH3 is 1. The van der Waals surface area contributed by atoms with E-state index in [-0.39, 0.29) is 0 Å². The number of nitrogens with zero attached hydrogens (tertiary/aromatic N) is 3. The molecule has 0 N–H and O–H groups in total. The number of piperazine rings is 1. The van der Waals surface area contributed by atoms with Crippen LogP contribution in [-0.2, 0) is 9.53 Å². The number of hydrogen-bond acceptors (Lipinski definition) is 4. The molecule has 0 atom stereocenters. The van der Waals surface area contributed by atoms with Crippen LogP contribution in [-0.4, -0.2) is 87.2 Å². The molecular weight excluding hydrogens is 266 g/mol. The van der Waals surface area contributed by atoms with Gasteiger partial charge in [0.25, 0.3) is 0 Å². The van der Waals surface area contributed by atoms with E-state index in [2.05, 4.69) is 21.7 Å². The normalized spacial score (nSPS) is 22.7. The zero-order valence-corrected chi connectivity index (χ0v) is 13.7. The molecule has 21 heavy (non-hydrogen) atoms. The SMILES string of the molecule is COCCCC(=O)N1CCC(CN2CCN(C)CC2)CC1. The lowest BCUT2D eigenvalue weighted by molar-refractivity contribution is -0.133. The minimum Gasteiger partial charge on any atom is -0.385 e. The van der Waals surface area contributed by atoms with Crippen molar-refractivity contribution in [3.05, 3.63) is 0 Å². The lowest BCUT2D eigenvalue weighted by Gasteiger charge is -2.38. The van der Waals surface area contributed by atoms with Crippen molar-refractivity contribution >= 4 is 5.91 Å². The summed E-state index contributed by atoms with van der Waals surface area (Å²) in [5, 5.41) is 0. The van der Waals surface area contributed by atoms with Gasteiger partial charge in [0, 0.05) is 66.0 Å². The first kappa shape index (κ1) is 16.7. The van der Waals surface area contributed by atoms with Gasteiger partial charge in [0.05, 0.1) is 0 Å². The Balaban J connectivity index is 1.62. The Morgan fingerprint density at radius 2 is 1.76 bits per heavy atom. The lowest BCUT2D eigenvalue weighted by atomic mass is 9.95. The number of carbonyl (C=O) groups excluding carboxylic acids is 1. The first-order valence-electron chi connectivity index (χ1n) is 8.36. The molecule has 122 valence electrons. The molecule has 2 aliphatic rings. The summed E-state index contributed by atoms with van der Waals surface area (Å²) in [5.74, 6) is 1.08. The maximum atomic E-state index is 12.1. The molecule has 0 spiro atoms. The summed E-state index contributed by atoms with van der Waals surface area (Å²) in [7, 11) is 3.89. The number of ether oxygens (including phenoxy) is 1. The summed E-state index contributed by atoms with van der Waals surface area (Å²) < 4.78 is 5.01. The first-order chi connectivity index (χ1) is 10.2. The third-order valence-electron chi connectivity index (χ3n) is 4.82. The molecule has 0 aromatic rings. The van der Waals surface area contributed by atoms with Gasteiger partial charge in [-0.3, -0.25) is 4.79 Å². The molecule has 2 saturated heterocycles. The van der Waals surface area contributed by atoms with Crippen LogP contribution in [0.1, 0.15) is 25.7 Å². The molecule has 2 heterocycles. The quantitative estimate of drug-likeness (QED) is 0.683.